The summed E-state index contributed by atoms with van der Waals surface area (Å²) in [6.07, 6.45) is 1.42. The summed E-state index contributed by atoms with van der Waals surface area (Å²) in [5.41, 5.74) is 0.235. The summed E-state index contributed by atoms with van der Waals surface area (Å²) in [5, 5.41) is 9.00. The van der Waals surface area contributed by atoms with E-state index in [1.54, 1.807) is 0 Å². The van der Waals surface area contributed by atoms with Crippen LogP contribution in [0.3, 0.4) is 0 Å². The van der Waals surface area contributed by atoms with Crippen molar-refractivity contribution >= 4 is 37.8 Å². The van der Waals surface area contributed by atoms with Gasteiger partial charge in [-0.2, -0.15) is 12.7 Å². The van der Waals surface area contributed by atoms with E-state index in [9.17, 15) is 13.2 Å². The molecule has 0 aromatic heterocycles. The van der Waals surface area contributed by atoms with Crippen molar-refractivity contribution in [3.05, 3.63) is 28.2 Å². The first-order chi connectivity index (χ1) is 9.80. The molecule has 6 nitrogen and oxygen atoms in total. The summed E-state index contributed by atoms with van der Waals surface area (Å²) in [6, 6.07) is 4.23. The van der Waals surface area contributed by atoms with E-state index in [0.29, 0.717) is 30.4 Å². The van der Waals surface area contributed by atoms with Gasteiger partial charge in [0.1, 0.15) is 0 Å². The Kier molecular flexibility index (Phi) is 6.63. The molecule has 2 N–H and O–H groups in total. The molecule has 0 unspecified atom stereocenters. The largest absolute Gasteiger partial charge is 0.478 e. The topological polar surface area (TPSA) is 86.7 Å². The zero-order valence-electron chi connectivity index (χ0n) is 12.0. The van der Waals surface area contributed by atoms with Crippen molar-refractivity contribution in [1.82, 2.24) is 4.31 Å². The van der Waals surface area contributed by atoms with Gasteiger partial charge in [-0.3, -0.25) is 4.72 Å². The van der Waals surface area contributed by atoms with Gasteiger partial charge in [-0.1, -0.05) is 29.8 Å². The lowest BCUT2D eigenvalue weighted by Crippen LogP contribution is -2.37. The minimum Gasteiger partial charge on any atom is -0.478 e. The van der Waals surface area contributed by atoms with Crippen molar-refractivity contribution in [2.24, 2.45) is 0 Å². The summed E-state index contributed by atoms with van der Waals surface area (Å²) in [7, 11) is -3.69. The lowest BCUT2D eigenvalue weighted by atomic mass is 10.2. The van der Waals surface area contributed by atoms with Crippen LogP contribution in [0, 0.1) is 0 Å². The van der Waals surface area contributed by atoms with E-state index >= 15 is 0 Å². The Morgan fingerprint density at radius 1 is 1.24 bits per heavy atom. The maximum atomic E-state index is 12.3. The summed E-state index contributed by atoms with van der Waals surface area (Å²) in [5.74, 6) is -1.12. The summed E-state index contributed by atoms with van der Waals surface area (Å²) < 4.78 is 28.9. The van der Waals surface area contributed by atoms with Gasteiger partial charge in [-0.15, -0.1) is 0 Å². The van der Waals surface area contributed by atoms with Crippen LogP contribution < -0.4 is 4.72 Å². The Morgan fingerprint density at radius 2 is 1.81 bits per heavy atom. The van der Waals surface area contributed by atoms with Gasteiger partial charge in [-0.05, 0) is 31.0 Å². The van der Waals surface area contributed by atoms with Crippen molar-refractivity contribution in [2.45, 2.75) is 26.7 Å². The Bertz CT molecular complexity index is 598. The Hall–Kier alpha value is -1.12. The zero-order chi connectivity index (χ0) is 16.0. The number of rotatable bonds is 8. The van der Waals surface area contributed by atoms with Crippen LogP contribution in [0.2, 0.25) is 0 Å². The van der Waals surface area contributed by atoms with Gasteiger partial charge in [0, 0.05) is 17.6 Å². The predicted molar refractivity (Wildman–Crippen MR) is 85.8 cm³/mol. The molecule has 0 aliphatic carbocycles. The van der Waals surface area contributed by atoms with Gasteiger partial charge in [0.25, 0.3) is 0 Å². The molecule has 118 valence electrons. The number of carboxylic acid groups (broad SMARTS) is 1. The number of carbonyl (C=O) groups is 1. The second-order valence-electron chi connectivity index (χ2n) is 4.54. The number of nitrogens with zero attached hydrogens (tertiary/aromatic N) is 1. The molecule has 1 aromatic carbocycles. The maximum absolute atomic E-state index is 12.3. The highest BCUT2D eigenvalue weighted by Gasteiger charge is 2.21. The van der Waals surface area contributed by atoms with Gasteiger partial charge in [0.2, 0.25) is 0 Å². The minimum atomic E-state index is -3.69. The number of nitrogens with one attached hydrogen (secondary N) is 1. The molecule has 0 aliphatic rings. The van der Waals surface area contributed by atoms with Gasteiger partial charge in [-0.25, -0.2) is 4.79 Å². The molecule has 0 fully saturated rings. The molecule has 0 heterocycles. The second kappa shape index (κ2) is 7.77. The van der Waals surface area contributed by atoms with E-state index in [2.05, 4.69) is 20.7 Å². The van der Waals surface area contributed by atoms with E-state index in [-0.39, 0.29) is 11.3 Å². The molecule has 0 aliphatic heterocycles. The monoisotopic (exact) mass is 378 g/mol. The van der Waals surface area contributed by atoms with Gasteiger partial charge in [0.05, 0.1) is 11.3 Å². The van der Waals surface area contributed by atoms with Crippen LogP contribution in [0.25, 0.3) is 0 Å². The maximum Gasteiger partial charge on any atom is 0.335 e. The third kappa shape index (κ3) is 5.29. The number of anilines is 1. The lowest BCUT2D eigenvalue weighted by molar-refractivity contribution is 0.0697. The molecule has 0 saturated heterocycles. The first-order valence-electron chi connectivity index (χ1n) is 6.62. The predicted octanol–water partition coefficient (Wildman–Crippen LogP) is 2.93. The molecule has 0 bridgehead atoms. The molecule has 0 spiro atoms. The number of benzene rings is 1. The lowest BCUT2D eigenvalue weighted by Gasteiger charge is -2.22. The zero-order valence-corrected chi connectivity index (χ0v) is 14.4. The standard InChI is InChI=1S/C13H19BrN2O4S/c1-3-5-16(6-4-2)21(19,20)15-12-8-10(13(17)18)7-11(14)9-12/h7-9,15H,3-6H2,1-2H3,(H,17,18). The van der Waals surface area contributed by atoms with E-state index in [4.69, 9.17) is 5.11 Å². The molecule has 0 radical (unpaired) electrons. The van der Waals surface area contributed by atoms with Crippen molar-refractivity contribution in [2.75, 3.05) is 17.8 Å². The van der Waals surface area contributed by atoms with Crippen LogP contribution in [0.1, 0.15) is 37.0 Å². The minimum absolute atomic E-state index is 0.0135. The van der Waals surface area contributed by atoms with Crippen LogP contribution in [-0.4, -0.2) is 36.9 Å². The first-order valence-corrected chi connectivity index (χ1v) is 8.85. The molecule has 1 aromatic rings. The molecular formula is C13H19BrN2O4S. The fourth-order valence-corrected chi connectivity index (χ4v) is 3.72. The van der Waals surface area contributed by atoms with Crippen LogP contribution in [0.4, 0.5) is 5.69 Å². The number of hydrogen-bond acceptors (Lipinski definition) is 3. The Balaban J connectivity index is 3.05. The fraction of sp³-hybridized carbons (Fsp3) is 0.462. The number of aromatic carboxylic acids is 1. The smallest absolute Gasteiger partial charge is 0.335 e. The van der Waals surface area contributed by atoms with E-state index in [1.807, 2.05) is 13.8 Å². The SMILES string of the molecule is CCCN(CCC)S(=O)(=O)Nc1cc(Br)cc(C(=O)O)c1. The number of hydrogen-bond donors (Lipinski definition) is 2. The van der Waals surface area contributed by atoms with Gasteiger partial charge < -0.3 is 5.11 Å². The van der Waals surface area contributed by atoms with E-state index in [1.165, 1.54) is 22.5 Å². The van der Waals surface area contributed by atoms with Crippen LogP contribution in [0.15, 0.2) is 22.7 Å². The second-order valence-corrected chi connectivity index (χ2v) is 7.13. The quantitative estimate of drug-likeness (QED) is 0.727. The summed E-state index contributed by atoms with van der Waals surface area (Å²) >= 11 is 3.18. The highest BCUT2D eigenvalue weighted by Crippen LogP contribution is 2.21. The van der Waals surface area contributed by atoms with Crippen LogP contribution in [0.5, 0.6) is 0 Å². The molecule has 0 atom stereocenters. The third-order valence-electron chi connectivity index (χ3n) is 2.68. The van der Waals surface area contributed by atoms with Crippen molar-refractivity contribution in [3.63, 3.8) is 0 Å². The first kappa shape index (κ1) is 17.9. The Morgan fingerprint density at radius 3 is 2.29 bits per heavy atom. The van der Waals surface area contributed by atoms with Crippen molar-refractivity contribution in [3.8, 4) is 0 Å². The highest BCUT2D eigenvalue weighted by atomic mass is 79.9. The van der Waals surface area contributed by atoms with E-state index in [0.717, 1.165) is 0 Å². The molecule has 1 rings (SSSR count). The molecule has 21 heavy (non-hydrogen) atoms. The molecule has 8 heteroatoms. The Labute approximate surface area is 133 Å². The average Bonchev–Trinajstić information content (AvgIpc) is 2.37. The van der Waals surface area contributed by atoms with Crippen molar-refractivity contribution in [1.29, 1.82) is 0 Å². The number of carboxylic acids is 1. The van der Waals surface area contributed by atoms with Gasteiger partial charge in [0.15, 0.2) is 0 Å². The average molecular weight is 379 g/mol. The third-order valence-corrected chi connectivity index (χ3v) is 4.67. The van der Waals surface area contributed by atoms with Gasteiger partial charge >= 0.3 is 16.2 Å². The van der Waals surface area contributed by atoms with Crippen molar-refractivity contribution < 1.29 is 18.3 Å². The van der Waals surface area contributed by atoms with E-state index < -0.39 is 16.2 Å². The number of halogens is 1. The molecule has 0 amide bonds. The molecule has 0 saturated carbocycles. The van der Waals surface area contributed by atoms with Crippen LogP contribution in [-0.2, 0) is 10.2 Å². The summed E-state index contributed by atoms with van der Waals surface area (Å²) in [4.78, 5) is 11.0. The highest BCUT2D eigenvalue weighted by molar-refractivity contribution is 9.10. The normalized spacial score (nSPS) is 11.6. The van der Waals surface area contributed by atoms with Crippen LogP contribution >= 0.6 is 15.9 Å². The summed E-state index contributed by atoms with van der Waals surface area (Å²) in [6.45, 7) is 4.64. The fourth-order valence-electron chi connectivity index (χ4n) is 1.84. The molecular weight excluding hydrogens is 360 g/mol.